The molecule has 8 heteroatoms. The van der Waals surface area contributed by atoms with E-state index in [-0.39, 0.29) is 17.4 Å². The molecular weight excluding hydrogens is 368 g/mol. The minimum atomic E-state index is -3.07. The third kappa shape index (κ3) is 5.19. The standard InChI is InChI=1S/C19H22N2O5S/c1-25-18-10-15(11-21-19(22)16-6-9-27(23,24)13-16)2-3-17(18)26-12-14-4-7-20-8-5-14/h2-5,7-8,10,16H,6,9,11-13H2,1H3,(H,21,22). The Bertz CT molecular complexity index is 900. The Morgan fingerprint density at radius 3 is 2.63 bits per heavy atom. The summed E-state index contributed by atoms with van der Waals surface area (Å²) in [5.41, 5.74) is 1.84. The number of amides is 1. The molecule has 1 aliphatic heterocycles. The second kappa shape index (κ2) is 8.39. The molecule has 1 atom stereocenters. The average Bonchev–Trinajstić information content (AvgIpc) is 3.05. The second-order valence-corrected chi connectivity index (χ2v) is 8.68. The van der Waals surface area contributed by atoms with Gasteiger partial charge in [0.25, 0.3) is 0 Å². The lowest BCUT2D eigenvalue weighted by Gasteiger charge is -2.13. The minimum Gasteiger partial charge on any atom is -0.493 e. The first-order valence-electron chi connectivity index (χ1n) is 8.63. The van der Waals surface area contributed by atoms with E-state index < -0.39 is 15.8 Å². The van der Waals surface area contributed by atoms with Gasteiger partial charge in [0, 0.05) is 18.9 Å². The lowest BCUT2D eigenvalue weighted by molar-refractivity contribution is -0.124. The Labute approximate surface area is 158 Å². The number of aromatic nitrogens is 1. The van der Waals surface area contributed by atoms with Crippen molar-refractivity contribution in [1.82, 2.24) is 10.3 Å². The summed E-state index contributed by atoms with van der Waals surface area (Å²) in [6.07, 6.45) is 3.80. The van der Waals surface area contributed by atoms with Gasteiger partial charge in [0.15, 0.2) is 21.3 Å². The zero-order valence-corrected chi connectivity index (χ0v) is 15.9. The molecule has 1 fully saturated rings. The molecule has 0 saturated carbocycles. The summed E-state index contributed by atoms with van der Waals surface area (Å²) in [5.74, 6) is 0.505. The van der Waals surface area contributed by atoms with Gasteiger partial charge in [-0.1, -0.05) is 6.07 Å². The SMILES string of the molecule is COc1cc(CNC(=O)C2CCS(=O)(=O)C2)ccc1OCc1ccncc1. The number of sulfone groups is 1. The van der Waals surface area contributed by atoms with Gasteiger partial charge in [-0.05, 0) is 41.8 Å². The number of hydrogen-bond acceptors (Lipinski definition) is 6. The fourth-order valence-electron chi connectivity index (χ4n) is 2.92. The van der Waals surface area contributed by atoms with Gasteiger partial charge in [-0.15, -0.1) is 0 Å². The zero-order chi connectivity index (χ0) is 19.3. The molecule has 1 aromatic carbocycles. The highest BCUT2D eigenvalue weighted by Crippen LogP contribution is 2.29. The number of benzene rings is 1. The van der Waals surface area contributed by atoms with Crippen molar-refractivity contribution in [2.24, 2.45) is 5.92 Å². The van der Waals surface area contributed by atoms with Crippen molar-refractivity contribution in [2.45, 2.75) is 19.6 Å². The monoisotopic (exact) mass is 390 g/mol. The van der Waals surface area contributed by atoms with Crippen molar-refractivity contribution >= 4 is 15.7 Å². The van der Waals surface area contributed by atoms with E-state index in [1.807, 2.05) is 18.2 Å². The highest BCUT2D eigenvalue weighted by atomic mass is 32.2. The third-order valence-corrected chi connectivity index (χ3v) is 6.21. The number of carbonyl (C=O) groups is 1. The fraction of sp³-hybridized carbons (Fsp3) is 0.368. The highest BCUT2D eigenvalue weighted by molar-refractivity contribution is 7.91. The van der Waals surface area contributed by atoms with Crippen LogP contribution >= 0.6 is 0 Å². The van der Waals surface area contributed by atoms with Gasteiger partial charge in [-0.2, -0.15) is 0 Å². The predicted molar refractivity (Wildman–Crippen MR) is 100 cm³/mol. The molecule has 1 amide bonds. The van der Waals surface area contributed by atoms with E-state index in [9.17, 15) is 13.2 Å². The van der Waals surface area contributed by atoms with Crippen molar-refractivity contribution in [1.29, 1.82) is 0 Å². The minimum absolute atomic E-state index is 0.0655. The van der Waals surface area contributed by atoms with Crippen LogP contribution in [0.25, 0.3) is 0 Å². The third-order valence-electron chi connectivity index (χ3n) is 4.44. The molecule has 2 heterocycles. The largest absolute Gasteiger partial charge is 0.493 e. The lowest BCUT2D eigenvalue weighted by atomic mass is 10.1. The number of ether oxygens (including phenoxy) is 2. The Morgan fingerprint density at radius 1 is 1.19 bits per heavy atom. The van der Waals surface area contributed by atoms with Gasteiger partial charge in [-0.3, -0.25) is 9.78 Å². The van der Waals surface area contributed by atoms with Crippen LogP contribution in [0.15, 0.2) is 42.7 Å². The fourth-order valence-corrected chi connectivity index (χ4v) is 4.66. The first-order chi connectivity index (χ1) is 13.0. The Balaban J connectivity index is 1.58. The van der Waals surface area contributed by atoms with Crippen LogP contribution in [-0.2, 0) is 27.8 Å². The Morgan fingerprint density at radius 2 is 1.96 bits per heavy atom. The van der Waals surface area contributed by atoms with Gasteiger partial charge < -0.3 is 14.8 Å². The molecule has 2 aromatic rings. The number of nitrogens with zero attached hydrogens (tertiary/aromatic N) is 1. The van der Waals surface area contributed by atoms with Crippen molar-refractivity contribution in [3.05, 3.63) is 53.9 Å². The van der Waals surface area contributed by atoms with Crippen molar-refractivity contribution in [3.63, 3.8) is 0 Å². The lowest BCUT2D eigenvalue weighted by Crippen LogP contribution is -2.30. The quantitative estimate of drug-likeness (QED) is 0.774. The van der Waals surface area contributed by atoms with Crippen molar-refractivity contribution in [2.75, 3.05) is 18.6 Å². The first kappa shape index (κ1) is 19.2. The first-order valence-corrected chi connectivity index (χ1v) is 10.5. The predicted octanol–water partition coefficient (Wildman–Crippen LogP) is 1.72. The average molecular weight is 390 g/mol. The molecular formula is C19H22N2O5S. The summed E-state index contributed by atoms with van der Waals surface area (Å²) in [7, 11) is -1.51. The number of carbonyl (C=O) groups excluding carboxylic acids is 1. The molecule has 1 saturated heterocycles. The van der Waals surface area contributed by atoms with E-state index >= 15 is 0 Å². The van der Waals surface area contributed by atoms with Crippen LogP contribution in [0, 0.1) is 5.92 Å². The summed E-state index contributed by atoms with van der Waals surface area (Å²) in [6.45, 7) is 0.696. The molecule has 0 radical (unpaired) electrons. The zero-order valence-electron chi connectivity index (χ0n) is 15.1. The summed E-state index contributed by atoms with van der Waals surface area (Å²) in [4.78, 5) is 16.1. The molecule has 1 unspecified atom stereocenters. The van der Waals surface area contributed by atoms with Crippen LogP contribution in [0.3, 0.4) is 0 Å². The molecule has 27 heavy (non-hydrogen) atoms. The van der Waals surface area contributed by atoms with Crippen molar-refractivity contribution in [3.8, 4) is 11.5 Å². The van der Waals surface area contributed by atoms with E-state index in [0.29, 0.717) is 31.1 Å². The molecule has 0 bridgehead atoms. The number of nitrogens with one attached hydrogen (secondary N) is 1. The van der Waals surface area contributed by atoms with Gasteiger partial charge in [0.2, 0.25) is 5.91 Å². The number of hydrogen-bond donors (Lipinski definition) is 1. The smallest absolute Gasteiger partial charge is 0.224 e. The second-order valence-electron chi connectivity index (χ2n) is 6.45. The Kier molecular flexibility index (Phi) is 5.95. The molecule has 1 aliphatic rings. The van der Waals surface area contributed by atoms with Crippen LogP contribution in [0.5, 0.6) is 11.5 Å². The maximum absolute atomic E-state index is 12.2. The van der Waals surface area contributed by atoms with Gasteiger partial charge in [-0.25, -0.2) is 8.42 Å². The molecule has 7 nitrogen and oxygen atoms in total. The van der Waals surface area contributed by atoms with Crippen molar-refractivity contribution < 1.29 is 22.7 Å². The Hall–Kier alpha value is -2.61. The topological polar surface area (TPSA) is 94.6 Å². The van der Waals surface area contributed by atoms with E-state index in [0.717, 1.165) is 11.1 Å². The van der Waals surface area contributed by atoms with E-state index in [2.05, 4.69) is 10.3 Å². The number of rotatable bonds is 7. The summed E-state index contributed by atoms with van der Waals surface area (Å²) >= 11 is 0. The molecule has 1 aromatic heterocycles. The van der Waals surface area contributed by atoms with Gasteiger partial charge in [0.1, 0.15) is 6.61 Å². The summed E-state index contributed by atoms with van der Waals surface area (Å²) < 4.78 is 34.2. The van der Waals surface area contributed by atoms with E-state index in [1.165, 1.54) is 0 Å². The molecule has 0 aliphatic carbocycles. The van der Waals surface area contributed by atoms with Crippen LogP contribution in [-0.4, -0.2) is 37.9 Å². The van der Waals surface area contributed by atoms with Crippen LogP contribution in [0.2, 0.25) is 0 Å². The number of pyridine rings is 1. The van der Waals surface area contributed by atoms with Crippen LogP contribution in [0.1, 0.15) is 17.5 Å². The molecule has 0 spiro atoms. The maximum Gasteiger partial charge on any atom is 0.224 e. The molecule has 1 N–H and O–H groups in total. The number of methoxy groups -OCH3 is 1. The van der Waals surface area contributed by atoms with Gasteiger partial charge >= 0.3 is 0 Å². The molecule has 144 valence electrons. The van der Waals surface area contributed by atoms with Crippen LogP contribution < -0.4 is 14.8 Å². The van der Waals surface area contributed by atoms with Crippen LogP contribution in [0.4, 0.5) is 0 Å². The van der Waals surface area contributed by atoms with E-state index in [4.69, 9.17) is 9.47 Å². The maximum atomic E-state index is 12.2. The van der Waals surface area contributed by atoms with E-state index in [1.54, 1.807) is 31.6 Å². The summed E-state index contributed by atoms with van der Waals surface area (Å²) in [5, 5.41) is 2.80. The van der Waals surface area contributed by atoms with Gasteiger partial charge in [0.05, 0.1) is 24.5 Å². The normalized spacial score (nSPS) is 18.0. The summed E-state index contributed by atoms with van der Waals surface area (Å²) in [6, 6.07) is 9.18. The highest BCUT2D eigenvalue weighted by Gasteiger charge is 2.32. The molecule has 3 rings (SSSR count).